The van der Waals surface area contributed by atoms with E-state index in [4.69, 9.17) is 0 Å². The van der Waals surface area contributed by atoms with Gasteiger partial charge in [0.2, 0.25) is 0 Å². The fourth-order valence-corrected chi connectivity index (χ4v) is 4.64. The van der Waals surface area contributed by atoms with Gasteiger partial charge >= 0.3 is 0 Å². The van der Waals surface area contributed by atoms with Crippen molar-refractivity contribution >= 4 is 33.7 Å². The van der Waals surface area contributed by atoms with Crippen LogP contribution in [0.3, 0.4) is 0 Å². The van der Waals surface area contributed by atoms with E-state index in [0.717, 1.165) is 50.3 Å². The van der Waals surface area contributed by atoms with Gasteiger partial charge in [0.05, 0.1) is 35.3 Å². The molecule has 7 aromatic rings. The van der Waals surface area contributed by atoms with E-state index in [1.54, 1.807) is 43.2 Å². The second kappa shape index (κ2) is 9.03. The molecule has 0 unspecified atom stereocenters. The number of hydrogen-bond acceptors (Lipinski definition) is 6. The number of anilines is 1. The van der Waals surface area contributed by atoms with Crippen LogP contribution < -0.4 is 5.32 Å². The third kappa shape index (κ3) is 4.09. The molecule has 0 bridgehead atoms. The van der Waals surface area contributed by atoms with Crippen LogP contribution in [0.15, 0.2) is 91.9 Å². The second-order valence-electron chi connectivity index (χ2n) is 9.17. The van der Waals surface area contributed by atoms with E-state index in [-0.39, 0.29) is 5.91 Å². The van der Waals surface area contributed by atoms with Crippen LogP contribution >= 0.6 is 0 Å². The number of aryl methyl sites for hydroxylation is 1. The number of imidazole rings is 1. The molecule has 0 aliphatic carbocycles. The molecule has 6 heterocycles. The highest BCUT2D eigenvalue weighted by molar-refractivity contribution is 6.04. The van der Waals surface area contributed by atoms with Crippen molar-refractivity contribution in [3.05, 3.63) is 103 Å². The summed E-state index contributed by atoms with van der Waals surface area (Å²) in [6.07, 6.45) is 10.7. The topological polar surface area (TPSA) is 130 Å². The molecule has 0 fully saturated rings. The quantitative estimate of drug-likeness (QED) is 0.287. The Hall–Kier alpha value is -5.64. The molecule has 0 atom stereocenters. The molecular formula is C29H21N9O. The van der Waals surface area contributed by atoms with Gasteiger partial charge in [0.25, 0.3) is 5.91 Å². The highest BCUT2D eigenvalue weighted by atomic mass is 16.1. The first-order valence-electron chi connectivity index (χ1n) is 12.3. The number of aromatic amines is 2. The summed E-state index contributed by atoms with van der Waals surface area (Å²) in [5, 5.41) is 12.3. The lowest BCUT2D eigenvalue weighted by molar-refractivity contribution is 0.102. The van der Waals surface area contributed by atoms with E-state index in [2.05, 4.69) is 40.4 Å². The van der Waals surface area contributed by atoms with Gasteiger partial charge in [0.1, 0.15) is 11.3 Å². The van der Waals surface area contributed by atoms with Crippen LogP contribution in [0.1, 0.15) is 16.1 Å². The monoisotopic (exact) mass is 511 g/mol. The fraction of sp³-hybridized carbons (Fsp3) is 0.0345. The second-order valence-corrected chi connectivity index (χ2v) is 9.17. The highest BCUT2D eigenvalue weighted by Gasteiger charge is 2.16. The number of benzene rings is 1. The van der Waals surface area contributed by atoms with Gasteiger partial charge in [-0.3, -0.25) is 14.9 Å². The summed E-state index contributed by atoms with van der Waals surface area (Å²) < 4.78 is 1.98. The number of aromatic nitrogens is 8. The Kier molecular flexibility index (Phi) is 5.22. The third-order valence-electron chi connectivity index (χ3n) is 6.54. The minimum Gasteiger partial charge on any atom is -0.338 e. The Morgan fingerprint density at radius 2 is 1.77 bits per heavy atom. The summed E-state index contributed by atoms with van der Waals surface area (Å²) in [4.78, 5) is 33.8. The van der Waals surface area contributed by atoms with E-state index in [1.807, 2.05) is 60.2 Å². The van der Waals surface area contributed by atoms with Gasteiger partial charge in [0, 0.05) is 52.3 Å². The SMILES string of the molecule is Cc1cn(-c2ccnc3[nH]c(-c4n[nH]c5ncc(-c6cncc(NC(=O)c7ccccc7)c6)cc45)cc23)cn1. The number of nitrogens with zero attached hydrogens (tertiary/aromatic N) is 6. The van der Waals surface area contributed by atoms with Crippen LogP contribution in [-0.4, -0.2) is 45.6 Å². The number of rotatable bonds is 5. The normalized spacial score (nSPS) is 11.3. The van der Waals surface area contributed by atoms with E-state index in [1.165, 1.54) is 0 Å². The van der Waals surface area contributed by atoms with Gasteiger partial charge in [0.15, 0.2) is 5.65 Å². The summed E-state index contributed by atoms with van der Waals surface area (Å²) in [7, 11) is 0. The Balaban J connectivity index is 1.25. The zero-order valence-electron chi connectivity index (χ0n) is 20.8. The van der Waals surface area contributed by atoms with Crippen molar-refractivity contribution in [2.45, 2.75) is 6.92 Å². The first-order chi connectivity index (χ1) is 19.1. The zero-order valence-corrected chi connectivity index (χ0v) is 20.8. The number of amides is 1. The molecule has 3 N–H and O–H groups in total. The lowest BCUT2D eigenvalue weighted by Gasteiger charge is -2.07. The van der Waals surface area contributed by atoms with Crippen molar-refractivity contribution < 1.29 is 4.79 Å². The standard InChI is InChI=1S/C29H21N9O/c1-17-15-38(16-33-17)25-7-8-31-27-22(25)11-24(35-27)26-23-10-20(13-32-28(23)37-36-26)19-9-21(14-30-12-19)34-29(39)18-5-3-2-4-6-18/h2-16H,1H3,(H,31,35)(H,34,39)(H,32,36,37). The van der Waals surface area contributed by atoms with E-state index >= 15 is 0 Å². The fourth-order valence-electron chi connectivity index (χ4n) is 4.64. The maximum absolute atomic E-state index is 12.6. The summed E-state index contributed by atoms with van der Waals surface area (Å²) in [6, 6.07) is 17.0. The van der Waals surface area contributed by atoms with Crippen LogP contribution in [0.2, 0.25) is 0 Å². The van der Waals surface area contributed by atoms with Gasteiger partial charge in [-0.25, -0.2) is 15.0 Å². The molecule has 0 saturated carbocycles. The van der Waals surface area contributed by atoms with Crippen LogP contribution in [0.25, 0.3) is 50.3 Å². The molecule has 10 heteroatoms. The summed E-state index contributed by atoms with van der Waals surface area (Å²) in [5.74, 6) is -0.196. The molecule has 0 spiro atoms. The maximum Gasteiger partial charge on any atom is 0.255 e. The molecule has 0 aliphatic rings. The lowest BCUT2D eigenvalue weighted by atomic mass is 10.1. The molecule has 0 aliphatic heterocycles. The number of carbonyl (C=O) groups excluding carboxylic acids is 1. The molecule has 39 heavy (non-hydrogen) atoms. The molecule has 0 radical (unpaired) electrons. The van der Waals surface area contributed by atoms with Crippen LogP contribution in [0.4, 0.5) is 5.69 Å². The lowest BCUT2D eigenvalue weighted by Crippen LogP contribution is -2.11. The Labute approximate surface area is 221 Å². The zero-order chi connectivity index (χ0) is 26.3. The number of H-pyrrole nitrogens is 2. The number of hydrogen-bond donors (Lipinski definition) is 3. The number of fused-ring (bicyclic) bond motifs is 2. The molecule has 6 aromatic heterocycles. The Morgan fingerprint density at radius 3 is 2.62 bits per heavy atom. The molecule has 0 saturated heterocycles. The highest BCUT2D eigenvalue weighted by Crippen LogP contribution is 2.32. The van der Waals surface area contributed by atoms with Crippen molar-refractivity contribution in [1.29, 1.82) is 0 Å². The smallest absolute Gasteiger partial charge is 0.255 e. The van der Waals surface area contributed by atoms with Gasteiger partial charge in [-0.05, 0) is 43.3 Å². The molecule has 10 nitrogen and oxygen atoms in total. The van der Waals surface area contributed by atoms with Crippen molar-refractivity contribution in [1.82, 2.24) is 39.7 Å². The minimum atomic E-state index is -0.196. The summed E-state index contributed by atoms with van der Waals surface area (Å²) >= 11 is 0. The molecule has 188 valence electrons. The van der Waals surface area contributed by atoms with Crippen LogP contribution in [0, 0.1) is 6.92 Å². The van der Waals surface area contributed by atoms with E-state index < -0.39 is 0 Å². The van der Waals surface area contributed by atoms with Crippen molar-refractivity contribution in [2.24, 2.45) is 0 Å². The van der Waals surface area contributed by atoms with E-state index in [9.17, 15) is 4.79 Å². The third-order valence-corrected chi connectivity index (χ3v) is 6.54. The van der Waals surface area contributed by atoms with Crippen LogP contribution in [-0.2, 0) is 0 Å². The molecule has 1 amide bonds. The van der Waals surface area contributed by atoms with Crippen molar-refractivity contribution in [3.63, 3.8) is 0 Å². The average molecular weight is 512 g/mol. The van der Waals surface area contributed by atoms with Crippen LogP contribution in [0.5, 0.6) is 0 Å². The molecular weight excluding hydrogens is 490 g/mol. The Morgan fingerprint density at radius 1 is 0.897 bits per heavy atom. The number of nitrogens with one attached hydrogen (secondary N) is 3. The first kappa shape index (κ1) is 22.5. The maximum atomic E-state index is 12.6. The van der Waals surface area contributed by atoms with Gasteiger partial charge in [-0.15, -0.1) is 0 Å². The van der Waals surface area contributed by atoms with Gasteiger partial charge in [-0.1, -0.05) is 18.2 Å². The predicted molar refractivity (Wildman–Crippen MR) is 148 cm³/mol. The van der Waals surface area contributed by atoms with Gasteiger partial charge < -0.3 is 14.9 Å². The summed E-state index contributed by atoms with van der Waals surface area (Å²) in [5.41, 5.74) is 7.70. The molecule has 7 rings (SSSR count). The largest absolute Gasteiger partial charge is 0.338 e. The first-order valence-corrected chi connectivity index (χ1v) is 12.3. The average Bonchev–Trinajstić information content (AvgIpc) is 3.71. The molecule has 1 aromatic carbocycles. The summed E-state index contributed by atoms with van der Waals surface area (Å²) in [6.45, 7) is 1.96. The van der Waals surface area contributed by atoms with Crippen molar-refractivity contribution in [3.8, 4) is 28.2 Å². The number of carbonyl (C=O) groups is 1. The Bertz CT molecular complexity index is 1980. The predicted octanol–water partition coefficient (Wildman–Crippen LogP) is 5.31. The van der Waals surface area contributed by atoms with E-state index in [0.29, 0.717) is 16.9 Å². The van der Waals surface area contributed by atoms with Crippen molar-refractivity contribution in [2.75, 3.05) is 5.32 Å². The van der Waals surface area contributed by atoms with Gasteiger partial charge in [-0.2, -0.15) is 5.10 Å². The minimum absolute atomic E-state index is 0.196. The number of pyridine rings is 3.